The van der Waals surface area contributed by atoms with E-state index in [9.17, 15) is 4.79 Å². The Morgan fingerprint density at radius 1 is 1.43 bits per heavy atom. The van der Waals surface area contributed by atoms with E-state index in [1.165, 1.54) is 0 Å². The predicted octanol–water partition coefficient (Wildman–Crippen LogP) is 1.67. The molecule has 21 heavy (non-hydrogen) atoms. The molecule has 2 N–H and O–H groups in total. The quantitative estimate of drug-likeness (QED) is 0.784. The van der Waals surface area contributed by atoms with Crippen molar-refractivity contribution in [1.82, 2.24) is 10.6 Å². The second kappa shape index (κ2) is 9.60. The van der Waals surface area contributed by atoms with Crippen molar-refractivity contribution in [1.29, 1.82) is 0 Å². The lowest BCUT2D eigenvalue weighted by Crippen LogP contribution is -2.37. The summed E-state index contributed by atoms with van der Waals surface area (Å²) in [5, 5.41) is 6.12. The molecule has 1 aliphatic heterocycles. The highest BCUT2D eigenvalue weighted by atomic mass is 35.5. The van der Waals surface area contributed by atoms with Gasteiger partial charge in [-0.15, -0.1) is 12.4 Å². The first-order chi connectivity index (χ1) is 9.81. The standard InChI is InChI=1S/C15H22N2O3.ClH/c1-19-10-8-16-11-15(18)17-13-6-4-9-20-14-7-3-2-5-12(13)14;/h2-3,5,7,13,16H,4,6,8-11H2,1H3,(H,17,18);1H. The van der Waals surface area contributed by atoms with Crippen LogP contribution in [0.15, 0.2) is 24.3 Å². The molecule has 0 bridgehead atoms. The molecule has 6 heteroatoms. The number of para-hydroxylation sites is 1. The number of rotatable bonds is 6. The van der Waals surface area contributed by atoms with E-state index < -0.39 is 0 Å². The topological polar surface area (TPSA) is 59.6 Å². The number of halogens is 1. The van der Waals surface area contributed by atoms with Crippen LogP contribution >= 0.6 is 12.4 Å². The number of nitrogens with one attached hydrogen (secondary N) is 2. The van der Waals surface area contributed by atoms with E-state index in [4.69, 9.17) is 9.47 Å². The monoisotopic (exact) mass is 314 g/mol. The van der Waals surface area contributed by atoms with Crippen LogP contribution in [-0.2, 0) is 9.53 Å². The molecule has 1 atom stereocenters. The average Bonchev–Trinajstić information content (AvgIpc) is 2.67. The summed E-state index contributed by atoms with van der Waals surface area (Å²) in [4.78, 5) is 11.9. The number of amides is 1. The molecule has 0 aliphatic carbocycles. The Bertz CT molecular complexity index is 443. The minimum absolute atomic E-state index is 0. The molecule has 1 aromatic rings. The summed E-state index contributed by atoms with van der Waals surface area (Å²) in [5.41, 5.74) is 1.07. The average molecular weight is 315 g/mol. The number of carbonyl (C=O) groups excluding carboxylic acids is 1. The predicted molar refractivity (Wildman–Crippen MR) is 84.0 cm³/mol. The molecule has 0 saturated heterocycles. The van der Waals surface area contributed by atoms with Gasteiger partial charge in [-0.05, 0) is 18.9 Å². The molecule has 1 unspecified atom stereocenters. The lowest BCUT2D eigenvalue weighted by atomic mass is 10.0. The smallest absolute Gasteiger partial charge is 0.234 e. The zero-order valence-electron chi connectivity index (χ0n) is 12.3. The van der Waals surface area contributed by atoms with Crippen molar-refractivity contribution in [2.24, 2.45) is 0 Å². The normalized spacial score (nSPS) is 16.9. The zero-order valence-corrected chi connectivity index (χ0v) is 13.1. The van der Waals surface area contributed by atoms with Crippen molar-refractivity contribution < 1.29 is 14.3 Å². The minimum Gasteiger partial charge on any atom is -0.493 e. The van der Waals surface area contributed by atoms with Gasteiger partial charge >= 0.3 is 0 Å². The maximum atomic E-state index is 11.9. The van der Waals surface area contributed by atoms with Crippen LogP contribution in [0.25, 0.3) is 0 Å². The van der Waals surface area contributed by atoms with E-state index in [0.29, 0.717) is 26.3 Å². The number of carbonyl (C=O) groups is 1. The van der Waals surface area contributed by atoms with Gasteiger partial charge in [-0.1, -0.05) is 18.2 Å². The first kappa shape index (κ1) is 17.8. The van der Waals surface area contributed by atoms with E-state index in [2.05, 4.69) is 10.6 Å². The summed E-state index contributed by atoms with van der Waals surface area (Å²) in [5.74, 6) is 0.880. The first-order valence-corrected chi connectivity index (χ1v) is 7.02. The number of benzene rings is 1. The lowest BCUT2D eigenvalue weighted by molar-refractivity contribution is -0.121. The van der Waals surface area contributed by atoms with Crippen LogP contribution in [0.1, 0.15) is 24.4 Å². The number of hydrogen-bond donors (Lipinski definition) is 2. The van der Waals surface area contributed by atoms with Crippen LogP contribution < -0.4 is 15.4 Å². The van der Waals surface area contributed by atoms with Crippen molar-refractivity contribution in [3.63, 3.8) is 0 Å². The maximum absolute atomic E-state index is 11.9. The summed E-state index contributed by atoms with van der Waals surface area (Å²) in [6.45, 7) is 2.29. The Labute approximate surface area is 131 Å². The zero-order chi connectivity index (χ0) is 14.2. The number of fused-ring (bicyclic) bond motifs is 1. The Balaban J connectivity index is 0.00000220. The van der Waals surface area contributed by atoms with Crippen LogP contribution in [0.3, 0.4) is 0 Å². The van der Waals surface area contributed by atoms with Gasteiger partial charge in [0.05, 0.1) is 25.8 Å². The molecule has 0 saturated carbocycles. The molecule has 0 aromatic heterocycles. The van der Waals surface area contributed by atoms with Crippen molar-refractivity contribution >= 4 is 18.3 Å². The SMILES string of the molecule is COCCNCC(=O)NC1CCCOc2ccccc21.Cl. The molecule has 5 nitrogen and oxygen atoms in total. The van der Waals surface area contributed by atoms with Gasteiger partial charge in [0.25, 0.3) is 0 Å². The van der Waals surface area contributed by atoms with Crippen molar-refractivity contribution in [3.05, 3.63) is 29.8 Å². The number of hydrogen-bond acceptors (Lipinski definition) is 4. The van der Waals surface area contributed by atoms with Crippen LogP contribution in [-0.4, -0.2) is 39.3 Å². The maximum Gasteiger partial charge on any atom is 0.234 e. The second-order valence-corrected chi connectivity index (χ2v) is 4.82. The molecule has 1 aliphatic rings. The summed E-state index contributed by atoms with van der Waals surface area (Å²) in [6, 6.07) is 7.94. The van der Waals surface area contributed by atoms with Gasteiger partial charge in [0.15, 0.2) is 0 Å². The number of methoxy groups -OCH3 is 1. The Morgan fingerprint density at radius 2 is 2.24 bits per heavy atom. The highest BCUT2D eigenvalue weighted by Gasteiger charge is 2.20. The van der Waals surface area contributed by atoms with Gasteiger partial charge in [0, 0.05) is 19.2 Å². The van der Waals surface area contributed by atoms with Gasteiger partial charge in [-0.2, -0.15) is 0 Å². The second-order valence-electron chi connectivity index (χ2n) is 4.82. The Morgan fingerprint density at radius 3 is 3.05 bits per heavy atom. The summed E-state index contributed by atoms with van der Waals surface area (Å²) in [7, 11) is 1.64. The fourth-order valence-corrected chi connectivity index (χ4v) is 2.30. The fraction of sp³-hybridized carbons (Fsp3) is 0.533. The number of ether oxygens (including phenoxy) is 2. The highest BCUT2D eigenvalue weighted by Crippen LogP contribution is 2.30. The van der Waals surface area contributed by atoms with Crippen LogP contribution in [0.2, 0.25) is 0 Å². The van der Waals surface area contributed by atoms with Gasteiger partial charge in [-0.25, -0.2) is 0 Å². The summed E-state index contributed by atoms with van der Waals surface area (Å²) < 4.78 is 10.6. The summed E-state index contributed by atoms with van der Waals surface area (Å²) >= 11 is 0. The molecular weight excluding hydrogens is 292 g/mol. The Hall–Kier alpha value is -1.30. The van der Waals surface area contributed by atoms with Crippen molar-refractivity contribution in [2.45, 2.75) is 18.9 Å². The molecule has 2 rings (SSSR count). The van der Waals surface area contributed by atoms with Crippen LogP contribution in [0, 0.1) is 0 Å². The molecule has 0 fully saturated rings. The molecule has 1 heterocycles. The van der Waals surface area contributed by atoms with E-state index in [-0.39, 0.29) is 24.4 Å². The molecule has 0 spiro atoms. The third kappa shape index (κ3) is 5.53. The van der Waals surface area contributed by atoms with Gasteiger partial charge in [0.1, 0.15) is 5.75 Å². The fourth-order valence-electron chi connectivity index (χ4n) is 2.30. The van der Waals surface area contributed by atoms with Gasteiger partial charge < -0.3 is 20.1 Å². The highest BCUT2D eigenvalue weighted by molar-refractivity contribution is 5.85. The molecule has 1 amide bonds. The van der Waals surface area contributed by atoms with E-state index in [1.807, 2.05) is 24.3 Å². The van der Waals surface area contributed by atoms with Gasteiger partial charge in [0.2, 0.25) is 5.91 Å². The Kier molecular flexibility index (Phi) is 8.12. The molecule has 1 aromatic carbocycles. The largest absolute Gasteiger partial charge is 0.493 e. The third-order valence-corrected chi connectivity index (χ3v) is 3.29. The first-order valence-electron chi connectivity index (χ1n) is 7.02. The van der Waals surface area contributed by atoms with Gasteiger partial charge in [-0.3, -0.25) is 4.79 Å². The van der Waals surface area contributed by atoms with E-state index >= 15 is 0 Å². The van der Waals surface area contributed by atoms with Crippen molar-refractivity contribution in [2.75, 3.05) is 33.4 Å². The van der Waals surface area contributed by atoms with Crippen LogP contribution in [0.4, 0.5) is 0 Å². The molecule has 118 valence electrons. The lowest BCUT2D eigenvalue weighted by Gasteiger charge is -2.18. The summed E-state index contributed by atoms with van der Waals surface area (Å²) in [6.07, 6.45) is 1.84. The minimum atomic E-state index is 0. The molecule has 0 radical (unpaired) electrons. The van der Waals surface area contributed by atoms with Crippen LogP contribution in [0.5, 0.6) is 5.75 Å². The van der Waals surface area contributed by atoms with Crippen molar-refractivity contribution in [3.8, 4) is 5.75 Å². The van der Waals surface area contributed by atoms with E-state index in [0.717, 1.165) is 24.2 Å². The molecular formula is C15H23ClN2O3. The van der Waals surface area contributed by atoms with E-state index in [1.54, 1.807) is 7.11 Å². The third-order valence-electron chi connectivity index (χ3n) is 3.29.